The number of amides is 1. The van der Waals surface area contributed by atoms with Crippen molar-refractivity contribution in [2.45, 2.75) is 19.4 Å². The molecular formula is C18H24N6O. The van der Waals surface area contributed by atoms with Crippen LogP contribution in [0.4, 0.5) is 11.6 Å². The molecule has 0 spiro atoms. The molecule has 7 heteroatoms. The Morgan fingerprint density at radius 2 is 2.04 bits per heavy atom. The molecule has 1 aliphatic rings. The van der Waals surface area contributed by atoms with Gasteiger partial charge in [0.05, 0.1) is 6.20 Å². The van der Waals surface area contributed by atoms with Gasteiger partial charge in [0.1, 0.15) is 11.6 Å². The zero-order valence-electron chi connectivity index (χ0n) is 14.7. The summed E-state index contributed by atoms with van der Waals surface area (Å²) in [5.74, 6) is 1.56. The highest BCUT2D eigenvalue weighted by Gasteiger charge is 2.26. The zero-order chi connectivity index (χ0) is 17.6. The summed E-state index contributed by atoms with van der Waals surface area (Å²) in [6.45, 7) is 2.44. The van der Waals surface area contributed by atoms with Crippen molar-refractivity contribution in [1.82, 2.24) is 19.9 Å². The van der Waals surface area contributed by atoms with Gasteiger partial charge in [-0.15, -0.1) is 0 Å². The molecule has 1 N–H and O–H groups in total. The van der Waals surface area contributed by atoms with Crippen LogP contribution in [0.1, 0.15) is 18.4 Å². The van der Waals surface area contributed by atoms with E-state index >= 15 is 0 Å². The third-order valence-electron chi connectivity index (χ3n) is 4.31. The van der Waals surface area contributed by atoms with Gasteiger partial charge in [-0.1, -0.05) is 0 Å². The number of hydrogen-bond donors (Lipinski definition) is 1. The Labute approximate surface area is 148 Å². The lowest BCUT2D eigenvalue weighted by Crippen LogP contribution is -2.38. The molecule has 1 amide bonds. The number of piperidine rings is 1. The minimum absolute atomic E-state index is 0.00669. The first-order valence-electron chi connectivity index (χ1n) is 8.53. The standard InChI is InChI=1S/C18H24N6O/c1-23(2)13-14-3-6-20-16(11-14)22-18(25)15-4-9-24(10-5-15)17-12-19-7-8-21-17/h3,6-8,11-12,15H,4-5,9-10,13H2,1-2H3,(H,20,22,25). The number of nitrogens with zero attached hydrogens (tertiary/aromatic N) is 5. The van der Waals surface area contributed by atoms with Crippen LogP contribution in [0.25, 0.3) is 0 Å². The van der Waals surface area contributed by atoms with Crippen LogP contribution in [0.2, 0.25) is 0 Å². The summed E-state index contributed by atoms with van der Waals surface area (Å²) in [4.78, 5) is 29.5. The van der Waals surface area contributed by atoms with Crippen molar-refractivity contribution in [1.29, 1.82) is 0 Å². The quantitative estimate of drug-likeness (QED) is 0.894. The first-order valence-corrected chi connectivity index (χ1v) is 8.53. The Balaban J connectivity index is 1.54. The molecular weight excluding hydrogens is 316 g/mol. The Kier molecular flexibility index (Phi) is 5.55. The molecule has 7 nitrogen and oxygen atoms in total. The summed E-state index contributed by atoms with van der Waals surface area (Å²) < 4.78 is 0. The van der Waals surface area contributed by atoms with Crippen LogP contribution in [-0.4, -0.2) is 52.9 Å². The van der Waals surface area contributed by atoms with E-state index in [0.717, 1.165) is 43.9 Å². The highest BCUT2D eigenvalue weighted by atomic mass is 16.1. The van der Waals surface area contributed by atoms with Crippen molar-refractivity contribution < 1.29 is 4.79 Å². The van der Waals surface area contributed by atoms with Gasteiger partial charge in [0, 0.05) is 44.1 Å². The normalized spacial score (nSPS) is 15.4. The fourth-order valence-electron chi connectivity index (χ4n) is 3.06. The average Bonchev–Trinajstić information content (AvgIpc) is 2.62. The smallest absolute Gasteiger partial charge is 0.228 e. The summed E-state index contributed by atoms with van der Waals surface area (Å²) in [7, 11) is 4.03. The summed E-state index contributed by atoms with van der Waals surface area (Å²) >= 11 is 0. The Morgan fingerprint density at radius 1 is 1.24 bits per heavy atom. The summed E-state index contributed by atoms with van der Waals surface area (Å²) in [5.41, 5.74) is 1.13. The van der Waals surface area contributed by atoms with E-state index in [4.69, 9.17) is 0 Å². The lowest BCUT2D eigenvalue weighted by molar-refractivity contribution is -0.120. The molecule has 0 unspecified atom stereocenters. The summed E-state index contributed by atoms with van der Waals surface area (Å²) in [5, 5.41) is 2.96. The number of carbonyl (C=O) groups is 1. The molecule has 0 bridgehead atoms. The number of nitrogens with one attached hydrogen (secondary N) is 1. The van der Waals surface area contributed by atoms with Crippen molar-refractivity contribution >= 4 is 17.5 Å². The first-order chi connectivity index (χ1) is 12.1. The van der Waals surface area contributed by atoms with E-state index in [9.17, 15) is 4.79 Å². The van der Waals surface area contributed by atoms with Crippen molar-refractivity contribution in [3.05, 3.63) is 42.5 Å². The van der Waals surface area contributed by atoms with E-state index in [2.05, 4.69) is 30.1 Å². The predicted octanol–water partition coefficient (Wildman–Crippen LogP) is 1.79. The van der Waals surface area contributed by atoms with Crippen LogP contribution in [0.15, 0.2) is 36.9 Å². The maximum absolute atomic E-state index is 12.5. The molecule has 0 aliphatic carbocycles. The molecule has 0 saturated carbocycles. The number of anilines is 2. The minimum Gasteiger partial charge on any atom is -0.355 e. The predicted molar refractivity (Wildman–Crippen MR) is 97.2 cm³/mol. The number of hydrogen-bond acceptors (Lipinski definition) is 6. The highest BCUT2D eigenvalue weighted by Crippen LogP contribution is 2.22. The first kappa shape index (κ1) is 17.3. The SMILES string of the molecule is CN(C)Cc1ccnc(NC(=O)C2CCN(c3cnccn3)CC2)c1. The van der Waals surface area contributed by atoms with Crippen LogP contribution in [0.5, 0.6) is 0 Å². The van der Waals surface area contributed by atoms with Crippen LogP contribution in [0.3, 0.4) is 0 Å². The van der Waals surface area contributed by atoms with E-state index in [-0.39, 0.29) is 11.8 Å². The van der Waals surface area contributed by atoms with Crippen molar-refractivity contribution in [2.24, 2.45) is 5.92 Å². The Bertz CT molecular complexity index is 698. The largest absolute Gasteiger partial charge is 0.355 e. The van der Waals surface area contributed by atoms with Crippen LogP contribution >= 0.6 is 0 Å². The number of pyridine rings is 1. The fourth-order valence-corrected chi connectivity index (χ4v) is 3.06. The van der Waals surface area contributed by atoms with Crippen molar-refractivity contribution in [3.63, 3.8) is 0 Å². The molecule has 2 aromatic rings. The monoisotopic (exact) mass is 340 g/mol. The number of carbonyl (C=O) groups excluding carboxylic acids is 1. The van der Waals surface area contributed by atoms with E-state index in [1.165, 1.54) is 0 Å². The molecule has 3 heterocycles. The summed E-state index contributed by atoms with van der Waals surface area (Å²) in [6.07, 6.45) is 8.48. The van der Waals surface area contributed by atoms with Gasteiger partial charge >= 0.3 is 0 Å². The van der Waals surface area contributed by atoms with Crippen LogP contribution in [0, 0.1) is 5.92 Å². The molecule has 25 heavy (non-hydrogen) atoms. The highest BCUT2D eigenvalue weighted by molar-refractivity contribution is 5.91. The van der Waals surface area contributed by atoms with Crippen molar-refractivity contribution in [2.75, 3.05) is 37.4 Å². The van der Waals surface area contributed by atoms with Gasteiger partial charge in [0.2, 0.25) is 5.91 Å². The van der Waals surface area contributed by atoms with E-state index in [0.29, 0.717) is 5.82 Å². The molecule has 0 atom stereocenters. The molecule has 3 rings (SSSR count). The van der Waals surface area contributed by atoms with E-state index in [1.807, 2.05) is 26.2 Å². The second-order valence-electron chi connectivity index (χ2n) is 6.60. The lowest BCUT2D eigenvalue weighted by Gasteiger charge is -2.31. The Morgan fingerprint density at radius 3 is 2.72 bits per heavy atom. The summed E-state index contributed by atoms with van der Waals surface area (Å²) in [6, 6.07) is 3.90. The van der Waals surface area contributed by atoms with Gasteiger partial charge in [-0.05, 0) is 44.6 Å². The van der Waals surface area contributed by atoms with Gasteiger partial charge in [-0.2, -0.15) is 0 Å². The van der Waals surface area contributed by atoms with Gasteiger partial charge in [-0.3, -0.25) is 9.78 Å². The van der Waals surface area contributed by atoms with E-state index < -0.39 is 0 Å². The minimum atomic E-state index is 0.00669. The van der Waals surface area contributed by atoms with Gasteiger partial charge < -0.3 is 15.1 Å². The second kappa shape index (κ2) is 8.02. The number of rotatable bonds is 5. The molecule has 2 aromatic heterocycles. The average molecular weight is 340 g/mol. The maximum Gasteiger partial charge on any atom is 0.228 e. The topological polar surface area (TPSA) is 74.2 Å². The maximum atomic E-state index is 12.5. The zero-order valence-corrected chi connectivity index (χ0v) is 14.7. The van der Waals surface area contributed by atoms with Crippen molar-refractivity contribution in [3.8, 4) is 0 Å². The number of aromatic nitrogens is 3. The van der Waals surface area contributed by atoms with E-state index in [1.54, 1.807) is 24.8 Å². The van der Waals surface area contributed by atoms with Crippen LogP contribution < -0.4 is 10.2 Å². The lowest BCUT2D eigenvalue weighted by atomic mass is 9.96. The molecule has 1 aliphatic heterocycles. The molecule has 1 fully saturated rings. The third kappa shape index (κ3) is 4.73. The van der Waals surface area contributed by atoms with Gasteiger partial charge in [-0.25, -0.2) is 9.97 Å². The molecule has 1 saturated heterocycles. The second-order valence-corrected chi connectivity index (χ2v) is 6.60. The van der Waals surface area contributed by atoms with Crippen LogP contribution in [-0.2, 0) is 11.3 Å². The fraction of sp³-hybridized carbons (Fsp3) is 0.444. The third-order valence-corrected chi connectivity index (χ3v) is 4.31. The van der Waals surface area contributed by atoms with Gasteiger partial charge in [0.15, 0.2) is 0 Å². The molecule has 132 valence electrons. The molecule has 0 aromatic carbocycles. The molecule has 0 radical (unpaired) electrons. The van der Waals surface area contributed by atoms with Gasteiger partial charge in [0.25, 0.3) is 0 Å². The Hall–Kier alpha value is -2.54.